The number of carbonyl (C=O) groups excluding carboxylic acids is 1. The summed E-state index contributed by atoms with van der Waals surface area (Å²) in [7, 11) is 0. The summed E-state index contributed by atoms with van der Waals surface area (Å²) in [6.07, 6.45) is 2.82. The molecule has 1 aliphatic rings. The van der Waals surface area contributed by atoms with E-state index in [-0.39, 0.29) is 5.91 Å². The predicted octanol–water partition coefficient (Wildman–Crippen LogP) is 1.62. The number of piperidine rings is 1. The lowest BCUT2D eigenvalue weighted by atomic mass is 9.90. The molecule has 0 aromatic carbocycles. The molecule has 1 rings (SSSR count). The van der Waals surface area contributed by atoms with Crippen LogP contribution in [0.1, 0.15) is 40.0 Å². The minimum atomic E-state index is -0.149. The first-order valence-corrected chi connectivity index (χ1v) is 5.87. The lowest BCUT2D eigenvalue weighted by molar-refractivity contribution is -0.119. The highest BCUT2D eigenvalue weighted by Crippen LogP contribution is 2.23. The van der Waals surface area contributed by atoms with E-state index < -0.39 is 0 Å². The number of nitrogens with two attached hydrogens (primary N) is 1. The average Bonchev–Trinajstić information content (AvgIpc) is 2.05. The van der Waals surface area contributed by atoms with Gasteiger partial charge in [-0.25, -0.2) is 0 Å². The average molecular weight is 212 g/mol. The van der Waals surface area contributed by atoms with Crippen LogP contribution < -0.4 is 5.73 Å². The Kier molecular flexibility index (Phi) is 4.14. The van der Waals surface area contributed by atoms with Gasteiger partial charge in [0.15, 0.2) is 0 Å². The number of hydrogen-bond acceptors (Lipinski definition) is 2. The molecule has 2 N–H and O–H groups in total. The van der Waals surface area contributed by atoms with Crippen molar-refractivity contribution in [2.24, 2.45) is 17.1 Å². The number of amides is 1. The van der Waals surface area contributed by atoms with Crippen molar-refractivity contribution in [3.63, 3.8) is 0 Å². The van der Waals surface area contributed by atoms with Crippen LogP contribution in [0.5, 0.6) is 0 Å². The van der Waals surface area contributed by atoms with Gasteiger partial charge in [0, 0.05) is 13.0 Å². The minimum absolute atomic E-state index is 0.149. The Hall–Kier alpha value is -0.570. The molecule has 0 radical (unpaired) electrons. The summed E-state index contributed by atoms with van der Waals surface area (Å²) >= 11 is 0. The van der Waals surface area contributed by atoms with Crippen LogP contribution in [0.2, 0.25) is 0 Å². The van der Waals surface area contributed by atoms with Gasteiger partial charge in [-0.2, -0.15) is 0 Å². The first-order chi connectivity index (χ1) is 6.87. The van der Waals surface area contributed by atoms with Gasteiger partial charge < -0.3 is 10.6 Å². The van der Waals surface area contributed by atoms with Crippen molar-refractivity contribution in [1.29, 1.82) is 0 Å². The van der Waals surface area contributed by atoms with Crippen molar-refractivity contribution in [2.75, 3.05) is 19.6 Å². The van der Waals surface area contributed by atoms with Gasteiger partial charge in [-0.3, -0.25) is 4.79 Å². The Bertz CT molecular complexity index is 212. The lowest BCUT2D eigenvalue weighted by Gasteiger charge is -2.35. The molecule has 88 valence electrons. The Labute approximate surface area is 93.0 Å². The van der Waals surface area contributed by atoms with Crippen molar-refractivity contribution in [1.82, 2.24) is 4.90 Å². The molecule has 0 saturated carbocycles. The number of carbonyl (C=O) groups is 1. The zero-order chi connectivity index (χ0) is 11.5. The molecule has 1 aliphatic heterocycles. The number of nitrogens with zero attached hydrogens (tertiary/aromatic N) is 1. The highest BCUT2D eigenvalue weighted by atomic mass is 16.1. The Morgan fingerprint density at radius 3 is 2.27 bits per heavy atom. The number of hydrogen-bond donors (Lipinski definition) is 1. The zero-order valence-electron chi connectivity index (χ0n) is 10.3. The third kappa shape index (κ3) is 5.17. The van der Waals surface area contributed by atoms with E-state index in [0.29, 0.717) is 17.8 Å². The van der Waals surface area contributed by atoms with Crippen molar-refractivity contribution in [3.05, 3.63) is 0 Å². The van der Waals surface area contributed by atoms with Gasteiger partial charge in [0.1, 0.15) is 0 Å². The fourth-order valence-electron chi connectivity index (χ4n) is 2.30. The third-order valence-electron chi connectivity index (χ3n) is 2.89. The molecule has 1 heterocycles. The van der Waals surface area contributed by atoms with Crippen LogP contribution in [0.15, 0.2) is 0 Å². The Balaban J connectivity index is 2.27. The maximum absolute atomic E-state index is 10.8. The maximum Gasteiger partial charge on any atom is 0.217 e. The SMILES string of the molecule is CC(C)(C)CN1CCC(CC(N)=O)CC1. The van der Waals surface area contributed by atoms with Gasteiger partial charge >= 0.3 is 0 Å². The van der Waals surface area contributed by atoms with Gasteiger partial charge in [0.05, 0.1) is 0 Å². The largest absolute Gasteiger partial charge is 0.370 e. The molecule has 0 spiro atoms. The molecular formula is C12H24N2O. The summed E-state index contributed by atoms with van der Waals surface area (Å²) in [6.45, 7) is 10.2. The van der Waals surface area contributed by atoms with Crippen LogP contribution in [-0.2, 0) is 4.79 Å². The van der Waals surface area contributed by atoms with Crippen molar-refractivity contribution < 1.29 is 4.79 Å². The van der Waals surface area contributed by atoms with E-state index in [2.05, 4.69) is 25.7 Å². The van der Waals surface area contributed by atoms with E-state index in [0.717, 1.165) is 32.5 Å². The van der Waals surface area contributed by atoms with Crippen molar-refractivity contribution in [3.8, 4) is 0 Å². The van der Waals surface area contributed by atoms with Gasteiger partial charge in [0.2, 0.25) is 5.91 Å². The molecule has 15 heavy (non-hydrogen) atoms. The fraction of sp³-hybridized carbons (Fsp3) is 0.917. The topological polar surface area (TPSA) is 46.3 Å². The fourth-order valence-corrected chi connectivity index (χ4v) is 2.30. The second-order valence-electron chi connectivity index (χ2n) is 5.95. The zero-order valence-corrected chi connectivity index (χ0v) is 10.3. The van der Waals surface area contributed by atoms with Crippen LogP contribution in [0, 0.1) is 11.3 Å². The second-order valence-corrected chi connectivity index (χ2v) is 5.95. The maximum atomic E-state index is 10.8. The summed E-state index contributed by atoms with van der Waals surface area (Å²) < 4.78 is 0. The molecule has 1 saturated heterocycles. The Morgan fingerprint density at radius 2 is 1.87 bits per heavy atom. The quantitative estimate of drug-likeness (QED) is 0.772. The molecule has 0 aromatic rings. The molecular weight excluding hydrogens is 188 g/mol. The molecule has 1 amide bonds. The summed E-state index contributed by atoms with van der Waals surface area (Å²) in [5.41, 5.74) is 5.58. The highest BCUT2D eigenvalue weighted by Gasteiger charge is 2.23. The van der Waals surface area contributed by atoms with Gasteiger partial charge in [-0.1, -0.05) is 20.8 Å². The number of rotatable bonds is 3. The smallest absolute Gasteiger partial charge is 0.217 e. The van der Waals surface area contributed by atoms with E-state index >= 15 is 0 Å². The normalized spacial score (nSPS) is 20.5. The monoisotopic (exact) mass is 212 g/mol. The van der Waals surface area contributed by atoms with Crippen molar-refractivity contribution >= 4 is 5.91 Å². The molecule has 1 fully saturated rings. The van der Waals surface area contributed by atoms with Gasteiger partial charge in [0.25, 0.3) is 0 Å². The van der Waals surface area contributed by atoms with E-state index in [9.17, 15) is 4.79 Å². The van der Waals surface area contributed by atoms with Crippen LogP contribution >= 0.6 is 0 Å². The predicted molar refractivity (Wildman–Crippen MR) is 62.4 cm³/mol. The highest BCUT2D eigenvalue weighted by molar-refractivity contribution is 5.73. The summed E-state index contributed by atoms with van der Waals surface area (Å²) in [6, 6.07) is 0. The summed E-state index contributed by atoms with van der Waals surface area (Å²) in [5.74, 6) is 0.378. The standard InChI is InChI=1S/C12H24N2O/c1-12(2,3)9-14-6-4-10(5-7-14)8-11(13)15/h10H,4-9H2,1-3H3,(H2,13,15). The molecule has 0 aromatic heterocycles. The molecule has 0 aliphatic carbocycles. The van der Waals surface area contributed by atoms with Gasteiger partial charge in [-0.05, 0) is 37.3 Å². The van der Waals surface area contributed by atoms with Crippen LogP contribution in [0.25, 0.3) is 0 Å². The number of likely N-dealkylation sites (tertiary alicyclic amines) is 1. The van der Waals surface area contributed by atoms with Crippen LogP contribution in [0.3, 0.4) is 0 Å². The van der Waals surface area contributed by atoms with E-state index in [1.165, 1.54) is 0 Å². The molecule has 3 heteroatoms. The van der Waals surface area contributed by atoms with Gasteiger partial charge in [-0.15, -0.1) is 0 Å². The van der Waals surface area contributed by atoms with E-state index in [4.69, 9.17) is 5.73 Å². The van der Waals surface area contributed by atoms with Crippen LogP contribution in [0.4, 0.5) is 0 Å². The molecule has 0 atom stereocenters. The Morgan fingerprint density at radius 1 is 1.33 bits per heavy atom. The first kappa shape index (κ1) is 12.5. The number of primary amides is 1. The first-order valence-electron chi connectivity index (χ1n) is 5.87. The van der Waals surface area contributed by atoms with Crippen molar-refractivity contribution in [2.45, 2.75) is 40.0 Å². The molecule has 0 bridgehead atoms. The van der Waals surface area contributed by atoms with E-state index in [1.807, 2.05) is 0 Å². The molecule has 3 nitrogen and oxygen atoms in total. The summed E-state index contributed by atoms with van der Waals surface area (Å²) in [4.78, 5) is 13.3. The van der Waals surface area contributed by atoms with E-state index in [1.54, 1.807) is 0 Å². The van der Waals surface area contributed by atoms with Crippen LogP contribution in [-0.4, -0.2) is 30.4 Å². The third-order valence-corrected chi connectivity index (χ3v) is 2.89. The summed E-state index contributed by atoms with van der Waals surface area (Å²) in [5, 5.41) is 0. The molecule has 0 unspecified atom stereocenters. The minimum Gasteiger partial charge on any atom is -0.370 e. The second kappa shape index (κ2) is 4.97. The lowest BCUT2D eigenvalue weighted by Crippen LogP contribution is -2.39.